The van der Waals surface area contributed by atoms with Gasteiger partial charge in [0.15, 0.2) is 5.78 Å². The van der Waals surface area contributed by atoms with Crippen LogP contribution in [0.25, 0.3) is 5.57 Å². The molecule has 2 aliphatic rings. The average Bonchev–Trinajstić information content (AvgIpc) is 2.77. The minimum absolute atomic E-state index is 0.168. The number of hydrogen-bond acceptors (Lipinski definition) is 1. The van der Waals surface area contributed by atoms with Crippen LogP contribution >= 0.6 is 0 Å². The molecule has 1 heteroatoms. The highest BCUT2D eigenvalue weighted by Crippen LogP contribution is 2.63. The number of carbonyl (C=O) groups excluding carboxylic acids is 1. The maximum Gasteiger partial charge on any atom is 0.158 e. The van der Waals surface area contributed by atoms with Crippen molar-refractivity contribution in [2.24, 2.45) is 11.3 Å². The van der Waals surface area contributed by atoms with Crippen LogP contribution in [0.3, 0.4) is 0 Å². The molecule has 0 heterocycles. The molecule has 1 aromatic rings. The molecule has 114 valence electrons. The summed E-state index contributed by atoms with van der Waals surface area (Å²) in [6.45, 7) is 13.0. The van der Waals surface area contributed by atoms with E-state index in [4.69, 9.17) is 0 Å². The molecule has 1 nitrogen and oxygen atoms in total. The van der Waals surface area contributed by atoms with Crippen molar-refractivity contribution in [3.63, 3.8) is 0 Å². The normalized spacial score (nSPS) is 27.2. The van der Waals surface area contributed by atoms with Crippen LogP contribution in [0.15, 0.2) is 29.8 Å². The van der Waals surface area contributed by atoms with E-state index < -0.39 is 0 Å². The van der Waals surface area contributed by atoms with Crippen LogP contribution in [-0.4, -0.2) is 5.78 Å². The second-order valence-electron chi connectivity index (χ2n) is 6.43. The van der Waals surface area contributed by atoms with E-state index in [9.17, 15) is 4.79 Å². The Hall–Kier alpha value is -1.37. The third-order valence-electron chi connectivity index (χ3n) is 5.52. The van der Waals surface area contributed by atoms with Gasteiger partial charge in [0.1, 0.15) is 0 Å². The van der Waals surface area contributed by atoms with Crippen molar-refractivity contribution in [2.75, 3.05) is 0 Å². The fraction of sp³-hybridized carbons (Fsp3) is 0.550. The van der Waals surface area contributed by atoms with E-state index in [2.05, 4.69) is 45.0 Å². The number of Topliss-reactive ketones (excluding diaryl/α,β-unsaturated/α-hetero) is 1. The molecule has 2 unspecified atom stereocenters. The Bertz CT molecular complexity index is 579. The fourth-order valence-electron chi connectivity index (χ4n) is 4.46. The highest BCUT2D eigenvalue weighted by Gasteiger charge is 2.52. The molecule has 0 saturated carbocycles. The SMILES string of the molecule is CC.CC1=C2c3ccccc3C(C)C2(C(C)C)CCC1=O. The Kier molecular flexibility index (Phi) is 4.41. The number of fused-ring (bicyclic) bond motifs is 3. The van der Waals surface area contributed by atoms with Crippen LogP contribution in [0.4, 0.5) is 0 Å². The third-order valence-corrected chi connectivity index (χ3v) is 5.52. The van der Waals surface area contributed by atoms with Gasteiger partial charge in [0.2, 0.25) is 0 Å². The molecular weight excluding hydrogens is 256 g/mol. The number of benzene rings is 1. The van der Waals surface area contributed by atoms with Gasteiger partial charge in [-0.15, -0.1) is 0 Å². The Morgan fingerprint density at radius 1 is 1.19 bits per heavy atom. The van der Waals surface area contributed by atoms with Gasteiger partial charge in [0.05, 0.1) is 0 Å². The number of ketones is 1. The molecule has 0 amide bonds. The first-order valence-corrected chi connectivity index (χ1v) is 8.34. The molecule has 0 fully saturated rings. The minimum Gasteiger partial charge on any atom is -0.295 e. The van der Waals surface area contributed by atoms with Gasteiger partial charge in [-0.2, -0.15) is 0 Å². The van der Waals surface area contributed by atoms with Crippen molar-refractivity contribution in [1.29, 1.82) is 0 Å². The van der Waals surface area contributed by atoms with E-state index in [-0.39, 0.29) is 5.41 Å². The molecule has 0 N–H and O–H groups in total. The quantitative estimate of drug-likeness (QED) is 0.655. The lowest BCUT2D eigenvalue weighted by Crippen LogP contribution is -2.35. The maximum atomic E-state index is 12.2. The molecule has 0 bridgehead atoms. The summed E-state index contributed by atoms with van der Waals surface area (Å²) >= 11 is 0. The number of rotatable bonds is 1. The molecular formula is C20H28O. The smallest absolute Gasteiger partial charge is 0.158 e. The maximum absolute atomic E-state index is 12.2. The first kappa shape index (κ1) is 16.0. The van der Waals surface area contributed by atoms with E-state index in [1.807, 2.05) is 20.8 Å². The molecule has 0 saturated heterocycles. The predicted octanol–water partition coefficient (Wildman–Crippen LogP) is 5.61. The van der Waals surface area contributed by atoms with Crippen LogP contribution < -0.4 is 0 Å². The number of hydrogen-bond donors (Lipinski definition) is 0. The van der Waals surface area contributed by atoms with Gasteiger partial charge < -0.3 is 0 Å². The molecule has 21 heavy (non-hydrogen) atoms. The van der Waals surface area contributed by atoms with Crippen molar-refractivity contribution < 1.29 is 4.79 Å². The molecule has 3 rings (SSSR count). The summed E-state index contributed by atoms with van der Waals surface area (Å²) in [5.41, 5.74) is 5.29. The van der Waals surface area contributed by atoms with Crippen LogP contribution in [0.5, 0.6) is 0 Å². The van der Waals surface area contributed by atoms with Crippen LogP contribution in [0, 0.1) is 11.3 Å². The second-order valence-corrected chi connectivity index (χ2v) is 6.43. The third kappa shape index (κ3) is 2.09. The summed E-state index contributed by atoms with van der Waals surface area (Å²) < 4.78 is 0. The standard InChI is InChI=1S/C18H22O.C2H6/c1-11(2)18-10-9-16(19)12(3)17(18)15-8-6-5-7-14(15)13(18)4;1-2/h5-8,11,13H,9-10H2,1-4H3;1-2H3. The van der Waals surface area contributed by atoms with E-state index in [1.54, 1.807) is 0 Å². The zero-order valence-corrected chi connectivity index (χ0v) is 14.3. The van der Waals surface area contributed by atoms with Gasteiger partial charge in [-0.05, 0) is 47.5 Å². The van der Waals surface area contributed by atoms with Crippen molar-refractivity contribution >= 4 is 11.4 Å². The summed E-state index contributed by atoms with van der Waals surface area (Å²) in [4.78, 5) is 12.2. The first-order valence-electron chi connectivity index (χ1n) is 8.34. The Balaban J connectivity index is 0.000000774. The summed E-state index contributed by atoms with van der Waals surface area (Å²) in [6, 6.07) is 8.67. The molecule has 0 spiro atoms. The van der Waals surface area contributed by atoms with Crippen LogP contribution in [-0.2, 0) is 4.79 Å². The molecule has 2 aliphatic carbocycles. The number of carbonyl (C=O) groups is 1. The summed E-state index contributed by atoms with van der Waals surface area (Å²) in [7, 11) is 0. The van der Waals surface area contributed by atoms with Gasteiger partial charge in [-0.3, -0.25) is 4.79 Å². The van der Waals surface area contributed by atoms with E-state index >= 15 is 0 Å². The predicted molar refractivity (Wildman–Crippen MR) is 90.3 cm³/mol. The van der Waals surface area contributed by atoms with Crippen molar-refractivity contribution in [3.05, 3.63) is 41.0 Å². The first-order chi connectivity index (χ1) is 10.00. The van der Waals surface area contributed by atoms with E-state index in [0.717, 1.165) is 12.0 Å². The highest BCUT2D eigenvalue weighted by molar-refractivity contribution is 6.06. The summed E-state index contributed by atoms with van der Waals surface area (Å²) in [5, 5.41) is 0. The Morgan fingerprint density at radius 2 is 1.81 bits per heavy atom. The topological polar surface area (TPSA) is 17.1 Å². The lowest BCUT2D eigenvalue weighted by molar-refractivity contribution is -0.116. The van der Waals surface area contributed by atoms with Crippen LogP contribution in [0.2, 0.25) is 0 Å². The molecule has 0 radical (unpaired) electrons. The van der Waals surface area contributed by atoms with Crippen molar-refractivity contribution in [3.8, 4) is 0 Å². The van der Waals surface area contributed by atoms with Gasteiger partial charge >= 0.3 is 0 Å². The summed E-state index contributed by atoms with van der Waals surface area (Å²) in [6.07, 6.45) is 1.72. The van der Waals surface area contributed by atoms with Gasteiger partial charge in [-0.1, -0.05) is 58.9 Å². The van der Waals surface area contributed by atoms with Gasteiger partial charge in [0.25, 0.3) is 0 Å². The lowest BCUT2D eigenvalue weighted by atomic mass is 9.60. The van der Waals surface area contributed by atoms with Crippen LogP contribution in [0.1, 0.15) is 71.4 Å². The largest absolute Gasteiger partial charge is 0.295 e. The zero-order chi connectivity index (χ0) is 15.8. The zero-order valence-electron chi connectivity index (χ0n) is 14.3. The molecule has 0 aromatic heterocycles. The highest BCUT2D eigenvalue weighted by atomic mass is 16.1. The molecule has 2 atom stereocenters. The Labute approximate surface area is 129 Å². The average molecular weight is 284 g/mol. The van der Waals surface area contributed by atoms with Gasteiger partial charge in [-0.25, -0.2) is 0 Å². The molecule has 1 aromatic carbocycles. The minimum atomic E-state index is 0.168. The van der Waals surface area contributed by atoms with Crippen molar-refractivity contribution in [2.45, 2.75) is 60.3 Å². The molecule has 0 aliphatic heterocycles. The lowest BCUT2D eigenvalue weighted by Gasteiger charge is -2.43. The van der Waals surface area contributed by atoms with E-state index in [1.165, 1.54) is 16.7 Å². The monoisotopic (exact) mass is 284 g/mol. The second kappa shape index (κ2) is 5.79. The van der Waals surface area contributed by atoms with E-state index in [0.29, 0.717) is 24.0 Å². The summed E-state index contributed by atoms with van der Waals surface area (Å²) in [5.74, 6) is 1.42. The number of allylic oxidation sites excluding steroid dienone is 2. The van der Waals surface area contributed by atoms with Crippen molar-refractivity contribution in [1.82, 2.24) is 0 Å². The van der Waals surface area contributed by atoms with Gasteiger partial charge in [0, 0.05) is 11.8 Å². The Morgan fingerprint density at radius 3 is 2.43 bits per heavy atom. The fourth-order valence-corrected chi connectivity index (χ4v) is 4.46.